The molecule has 0 spiro atoms. The SMILES string of the molecule is C#Cc1nccnc1N1C[C@@H]2C[C@H]1CN2C. The fourth-order valence-electron chi connectivity index (χ4n) is 2.77. The minimum absolute atomic E-state index is 0.554. The van der Waals surface area contributed by atoms with E-state index in [0.29, 0.717) is 17.8 Å². The van der Waals surface area contributed by atoms with Crippen molar-refractivity contribution in [3.05, 3.63) is 18.1 Å². The normalized spacial score (nSPS) is 28.4. The smallest absolute Gasteiger partial charge is 0.163 e. The van der Waals surface area contributed by atoms with Crippen molar-refractivity contribution >= 4 is 5.82 Å². The highest BCUT2D eigenvalue weighted by molar-refractivity contribution is 5.53. The first-order valence-electron chi connectivity index (χ1n) is 5.54. The lowest BCUT2D eigenvalue weighted by atomic mass is 10.2. The molecule has 2 atom stereocenters. The highest BCUT2D eigenvalue weighted by Gasteiger charge is 2.42. The van der Waals surface area contributed by atoms with Gasteiger partial charge in [0.1, 0.15) is 0 Å². The van der Waals surface area contributed by atoms with Gasteiger partial charge in [0.2, 0.25) is 0 Å². The van der Waals surface area contributed by atoms with Crippen molar-refractivity contribution in [1.29, 1.82) is 0 Å². The Morgan fingerprint density at radius 3 is 2.75 bits per heavy atom. The number of aromatic nitrogens is 2. The van der Waals surface area contributed by atoms with E-state index >= 15 is 0 Å². The lowest BCUT2D eigenvalue weighted by Crippen LogP contribution is -2.45. The van der Waals surface area contributed by atoms with Crippen molar-refractivity contribution in [2.45, 2.75) is 18.5 Å². The number of nitrogens with zero attached hydrogens (tertiary/aromatic N) is 4. The second-order valence-corrected chi connectivity index (χ2v) is 4.51. The Hall–Kier alpha value is -1.60. The van der Waals surface area contributed by atoms with Gasteiger partial charge in [-0.25, -0.2) is 9.97 Å². The van der Waals surface area contributed by atoms with Crippen molar-refractivity contribution in [2.75, 3.05) is 25.0 Å². The first-order chi connectivity index (χ1) is 7.79. The predicted octanol–water partition coefficient (Wildman–Crippen LogP) is 0.351. The Bertz CT molecular complexity index is 449. The molecular formula is C12H14N4. The van der Waals surface area contributed by atoms with Gasteiger partial charge >= 0.3 is 0 Å². The maximum atomic E-state index is 5.45. The molecule has 0 amide bonds. The fourth-order valence-corrected chi connectivity index (χ4v) is 2.77. The van der Waals surface area contributed by atoms with Crippen molar-refractivity contribution in [2.24, 2.45) is 0 Å². The molecular weight excluding hydrogens is 200 g/mol. The van der Waals surface area contributed by atoms with Gasteiger partial charge in [-0.3, -0.25) is 4.90 Å². The van der Waals surface area contributed by atoms with Crippen LogP contribution >= 0.6 is 0 Å². The summed E-state index contributed by atoms with van der Waals surface area (Å²) in [6, 6.07) is 1.21. The molecule has 2 fully saturated rings. The summed E-state index contributed by atoms with van der Waals surface area (Å²) in [4.78, 5) is 13.3. The van der Waals surface area contributed by atoms with Crippen LogP contribution in [-0.2, 0) is 0 Å². The first-order valence-corrected chi connectivity index (χ1v) is 5.54. The summed E-state index contributed by atoms with van der Waals surface area (Å²) in [6.45, 7) is 2.12. The highest BCUT2D eigenvalue weighted by Crippen LogP contribution is 2.33. The molecule has 2 bridgehead atoms. The zero-order valence-corrected chi connectivity index (χ0v) is 9.30. The van der Waals surface area contributed by atoms with Crippen LogP contribution in [0.4, 0.5) is 5.82 Å². The molecule has 0 aromatic carbocycles. The largest absolute Gasteiger partial charge is 0.348 e. The van der Waals surface area contributed by atoms with Crippen LogP contribution in [-0.4, -0.2) is 47.1 Å². The third-order valence-corrected chi connectivity index (χ3v) is 3.60. The minimum atomic E-state index is 0.554. The van der Waals surface area contributed by atoms with Crippen LogP contribution in [0.1, 0.15) is 12.1 Å². The molecule has 16 heavy (non-hydrogen) atoms. The summed E-state index contributed by atoms with van der Waals surface area (Å²) < 4.78 is 0. The molecule has 0 unspecified atom stereocenters. The van der Waals surface area contributed by atoms with E-state index in [2.05, 4.69) is 32.7 Å². The number of piperazine rings is 1. The lowest BCUT2D eigenvalue weighted by Gasteiger charge is -2.32. The van der Waals surface area contributed by atoms with E-state index in [-0.39, 0.29) is 0 Å². The third-order valence-electron chi connectivity index (χ3n) is 3.60. The average molecular weight is 214 g/mol. The summed E-state index contributed by atoms with van der Waals surface area (Å²) in [5.74, 6) is 3.49. The van der Waals surface area contributed by atoms with Gasteiger partial charge in [-0.2, -0.15) is 0 Å². The lowest BCUT2D eigenvalue weighted by molar-refractivity contribution is 0.292. The van der Waals surface area contributed by atoms with Crippen LogP contribution in [0.25, 0.3) is 0 Å². The van der Waals surface area contributed by atoms with E-state index in [1.165, 1.54) is 6.42 Å². The van der Waals surface area contributed by atoms with Gasteiger partial charge in [-0.1, -0.05) is 0 Å². The van der Waals surface area contributed by atoms with Crippen LogP contribution in [0.5, 0.6) is 0 Å². The number of hydrogen-bond acceptors (Lipinski definition) is 4. The zero-order chi connectivity index (χ0) is 11.1. The van der Waals surface area contributed by atoms with Crippen molar-refractivity contribution in [3.63, 3.8) is 0 Å². The number of rotatable bonds is 1. The topological polar surface area (TPSA) is 32.3 Å². The van der Waals surface area contributed by atoms with Crippen molar-refractivity contribution in [3.8, 4) is 12.3 Å². The van der Waals surface area contributed by atoms with E-state index in [9.17, 15) is 0 Å². The number of anilines is 1. The summed E-state index contributed by atoms with van der Waals surface area (Å²) in [5, 5.41) is 0. The zero-order valence-electron chi connectivity index (χ0n) is 9.30. The maximum Gasteiger partial charge on any atom is 0.163 e. The highest BCUT2D eigenvalue weighted by atomic mass is 15.4. The molecule has 0 saturated carbocycles. The molecule has 1 aromatic heterocycles. The van der Waals surface area contributed by atoms with E-state index in [1.54, 1.807) is 12.4 Å². The fraction of sp³-hybridized carbons (Fsp3) is 0.500. The van der Waals surface area contributed by atoms with Gasteiger partial charge < -0.3 is 4.90 Å². The first kappa shape index (κ1) is 9.61. The Morgan fingerprint density at radius 1 is 1.31 bits per heavy atom. The monoisotopic (exact) mass is 214 g/mol. The molecule has 4 nitrogen and oxygen atoms in total. The number of hydrogen-bond donors (Lipinski definition) is 0. The predicted molar refractivity (Wildman–Crippen MR) is 62.1 cm³/mol. The van der Waals surface area contributed by atoms with Crippen molar-refractivity contribution in [1.82, 2.24) is 14.9 Å². The summed E-state index contributed by atoms with van der Waals surface area (Å²) >= 11 is 0. The van der Waals surface area contributed by atoms with E-state index in [1.807, 2.05) is 0 Å². The van der Waals surface area contributed by atoms with Crippen LogP contribution in [0.3, 0.4) is 0 Å². The van der Waals surface area contributed by atoms with Crippen molar-refractivity contribution < 1.29 is 0 Å². The van der Waals surface area contributed by atoms with Gasteiger partial charge in [-0.05, 0) is 19.4 Å². The molecule has 0 radical (unpaired) electrons. The maximum absolute atomic E-state index is 5.45. The molecule has 3 heterocycles. The standard InChI is InChI=1S/C12H14N4/c1-3-11-12(14-5-4-13-11)16-8-9-6-10(16)7-15(9)2/h1,4-5,9-10H,6-8H2,2H3/t9-,10-/m0/s1. The van der Waals surface area contributed by atoms with E-state index < -0.39 is 0 Å². The number of fused-ring (bicyclic) bond motifs is 2. The second-order valence-electron chi connectivity index (χ2n) is 4.51. The molecule has 2 aliphatic rings. The minimum Gasteiger partial charge on any atom is -0.348 e. The summed E-state index contributed by atoms with van der Waals surface area (Å²) in [6.07, 6.45) is 10.0. The number of terminal acetylenes is 1. The Labute approximate surface area is 95.3 Å². The Morgan fingerprint density at radius 2 is 2.12 bits per heavy atom. The van der Waals surface area contributed by atoms with Crippen LogP contribution in [0, 0.1) is 12.3 Å². The molecule has 1 aromatic rings. The van der Waals surface area contributed by atoms with Crippen LogP contribution in [0.15, 0.2) is 12.4 Å². The van der Waals surface area contributed by atoms with Crippen LogP contribution in [0.2, 0.25) is 0 Å². The molecule has 2 aliphatic heterocycles. The van der Waals surface area contributed by atoms with E-state index in [0.717, 1.165) is 18.9 Å². The number of likely N-dealkylation sites (N-methyl/N-ethyl adjacent to an activating group) is 1. The number of likely N-dealkylation sites (tertiary alicyclic amines) is 1. The average Bonchev–Trinajstić information content (AvgIpc) is 2.87. The van der Waals surface area contributed by atoms with Crippen LogP contribution < -0.4 is 4.90 Å². The molecule has 4 heteroatoms. The Kier molecular flexibility index (Phi) is 2.08. The molecule has 0 aliphatic carbocycles. The van der Waals surface area contributed by atoms with Gasteiger partial charge in [-0.15, -0.1) is 6.42 Å². The summed E-state index contributed by atoms with van der Waals surface area (Å²) in [5.41, 5.74) is 0.665. The molecule has 3 rings (SSSR count). The van der Waals surface area contributed by atoms with Gasteiger partial charge in [0.25, 0.3) is 0 Å². The second kappa shape index (κ2) is 3.46. The molecule has 0 N–H and O–H groups in total. The third kappa shape index (κ3) is 1.29. The van der Waals surface area contributed by atoms with Gasteiger partial charge in [0.15, 0.2) is 11.5 Å². The molecule has 82 valence electrons. The van der Waals surface area contributed by atoms with Gasteiger partial charge in [0, 0.05) is 37.6 Å². The molecule has 2 saturated heterocycles. The Balaban J connectivity index is 1.93. The van der Waals surface area contributed by atoms with Gasteiger partial charge in [0.05, 0.1) is 0 Å². The van der Waals surface area contributed by atoms with E-state index in [4.69, 9.17) is 6.42 Å². The summed E-state index contributed by atoms with van der Waals surface area (Å²) in [7, 11) is 2.18. The quantitative estimate of drug-likeness (QED) is 0.631.